The fraction of sp³-hybridized carbons (Fsp3) is 0.235. The van der Waals surface area contributed by atoms with E-state index in [0.29, 0.717) is 23.4 Å². The largest absolute Gasteiger partial charge is 0.484 e. The van der Waals surface area contributed by atoms with Crippen molar-refractivity contribution in [1.29, 1.82) is 0 Å². The minimum atomic E-state index is -0.616. The molecular weight excluding hydrogens is 365 g/mol. The number of amides is 2. The van der Waals surface area contributed by atoms with Crippen LogP contribution in [0.2, 0.25) is 5.02 Å². The predicted octanol–water partition coefficient (Wildman–Crippen LogP) is 2.36. The first-order chi connectivity index (χ1) is 12.4. The number of aryl methyl sites for hydroxylation is 1. The van der Waals surface area contributed by atoms with E-state index in [-0.39, 0.29) is 35.2 Å². The second kappa shape index (κ2) is 7.57. The summed E-state index contributed by atoms with van der Waals surface area (Å²) in [5, 5.41) is 9.06. The highest BCUT2D eigenvalue weighted by atomic mass is 35.5. The van der Waals surface area contributed by atoms with Gasteiger partial charge in [0.25, 0.3) is 11.8 Å². The highest BCUT2D eigenvalue weighted by molar-refractivity contribution is 6.30. The summed E-state index contributed by atoms with van der Waals surface area (Å²) < 4.78 is 23.2. The molecule has 0 bridgehead atoms. The number of ether oxygens (including phenoxy) is 1. The number of carbonyl (C=O) groups is 2. The number of hydrogen-bond acceptors (Lipinski definition) is 5. The van der Waals surface area contributed by atoms with E-state index >= 15 is 0 Å². The second-order valence-electron chi connectivity index (χ2n) is 5.70. The van der Waals surface area contributed by atoms with Gasteiger partial charge in [-0.3, -0.25) is 9.59 Å². The Morgan fingerprint density at radius 1 is 1.46 bits per heavy atom. The van der Waals surface area contributed by atoms with Crippen LogP contribution in [-0.4, -0.2) is 29.6 Å². The van der Waals surface area contributed by atoms with Gasteiger partial charge in [0, 0.05) is 18.2 Å². The van der Waals surface area contributed by atoms with Crippen LogP contribution in [0.4, 0.5) is 4.39 Å². The molecule has 26 heavy (non-hydrogen) atoms. The number of halogens is 2. The van der Waals surface area contributed by atoms with Gasteiger partial charge in [-0.25, -0.2) is 4.39 Å². The topological polar surface area (TPSA) is 93.5 Å². The number of aromatic nitrogens is 1. The summed E-state index contributed by atoms with van der Waals surface area (Å²) in [6.07, 6.45) is 3.48. The molecule has 0 aliphatic heterocycles. The van der Waals surface area contributed by atoms with Crippen LogP contribution < -0.4 is 15.4 Å². The van der Waals surface area contributed by atoms with Crippen LogP contribution in [0.5, 0.6) is 5.75 Å². The summed E-state index contributed by atoms with van der Waals surface area (Å²) in [4.78, 5) is 23.8. The number of carbonyl (C=O) groups excluding carboxylic acids is 2. The lowest BCUT2D eigenvalue weighted by molar-refractivity contribution is -0.123. The van der Waals surface area contributed by atoms with Gasteiger partial charge in [0.05, 0.1) is 16.8 Å². The summed E-state index contributed by atoms with van der Waals surface area (Å²) in [5.74, 6) is -1.08. The highest BCUT2D eigenvalue weighted by Gasteiger charge is 2.24. The molecule has 0 saturated carbocycles. The van der Waals surface area contributed by atoms with Gasteiger partial charge in [0.2, 0.25) is 0 Å². The fourth-order valence-corrected chi connectivity index (χ4v) is 2.44. The average molecular weight is 380 g/mol. The number of hydrogen-bond donors (Lipinski definition) is 2. The molecule has 1 aliphatic carbocycles. The van der Waals surface area contributed by atoms with Gasteiger partial charge in [-0.15, -0.1) is 0 Å². The van der Waals surface area contributed by atoms with Gasteiger partial charge in [0.1, 0.15) is 23.4 Å². The summed E-state index contributed by atoms with van der Waals surface area (Å²) >= 11 is 5.57. The van der Waals surface area contributed by atoms with E-state index in [1.54, 1.807) is 13.0 Å². The van der Waals surface area contributed by atoms with Crippen molar-refractivity contribution in [1.82, 2.24) is 15.8 Å². The molecule has 1 aromatic heterocycles. The number of nitrogens with one attached hydrogen (secondary N) is 2. The van der Waals surface area contributed by atoms with Gasteiger partial charge in [-0.2, -0.15) is 0 Å². The number of rotatable bonds is 6. The Kier molecular flexibility index (Phi) is 5.22. The zero-order chi connectivity index (χ0) is 18.7. The van der Waals surface area contributed by atoms with Crippen molar-refractivity contribution in [2.24, 2.45) is 0 Å². The molecule has 1 atom stereocenters. The summed E-state index contributed by atoms with van der Waals surface area (Å²) in [7, 11) is 0. The molecule has 9 heteroatoms. The van der Waals surface area contributed by atoms with Crippen LogP contribution in [0.3, 0.4) is 0 Å². The van der Waals surface area contributed by atoms with Crippen molar-refractivity contribution in [3.63, 3.8) is 0 Å². The maximum Gasteiger partial charge on any atom is 0.260 e. The monoisotopic (exact) mass is 379 g/mol. The molecule has 7 nitrogen and oxygen atoms in total. The maximum atomic E-state index is 13.3. The zero-order valence-corrected chi connectivity index (χ0v) is 14.5. The molecule has 1 aromatic carbocycles. The Bertz CT molecular complexity index is 881. The molecule has 0 radical (unpaired) electrons. The standard InChI is InChI=1S/C17H15ClFN3O4/c1-9-13(7-26-22-9)17(24)21-11-4-10(5-11)20-16(23)8-25-12-2-3-14(18)15(19)6-12/h2-4,6-7,10H,5,8H2,1H3,(H,20,23)(H,21,24). The smallest absolute Gasteiger partial charge is 0.260 e. The molecule has 0 saturated heterocycles. The first kappa shape index (κ1) is 17.9. The van der Waals surface area contributed by atoms with Crippen LogP contribution in [0.15, 0.2) is 40.8 Å². The van der Waals surface area contributed by atoms with Gasteiger partial charge < -0.3 is 19.9 Å². The molecule has 2 aromatic rings. The number of benzene rings is 1. The highest BCUT2D eigenvalue weighted by Crippen LogP contribution is 2.21. The SMILES string of the molecule is Cc1nocc1C(=O)NC1=CC(NC(=O)COc2ccc(Cl)c(F)c2)C1. The lowest BCUT2D eigenvalue weighted by Gasteiger charge is -2.26. The van der Waals surface area contributed by atoms with Gasteiger partial charge in [0.15, 0.2) is 6.61 Å². The van der Waals surface area contributed by atoms with Crippen LogP contribution in [0.25, 0.3) is 0 Å². The summed E-state index contributed by atoms with van der Waals surface area (Å²) in [5.41, 5.74) is 1.56. The summed E-state index contributed by atoms with van der Waals surface area (Å²) in [6.45, 7) is 1.41. The van der Waals surface area contributed by atoms with Crippen molar-refractivity contribution in [2.75, 3.05) is 6.61 Å². The third-order valence-corrected chi connectivity index (χ3v) is 4.02. The Labute approximate surface area is 153 Å². The predicted molar refractivity (Wildman–Crippen MR) is 90.2 cm³/mol. The molecular formula is C17H15ClFN3O4. The first-order valence-corrected chi connectivity index (χ1v) is 8.10. The third kappa shape index (κ3) is 4.20. The average Bonchev–Trinajstić information content (AvgIpc) is 3.00. The van der Waals surface area contributed by atoms with E-state index < -0.39 is 5.82 Å². The molecule has 2 amide bonds. The van der Waals surface area contributed by atoms with Crippen molar-refractivity contribution in [3.8, 4) is 5.75 Å². The van der Waals surface area contributed by atoms with Crippen molar-refractivity contribution in [3.05, 3.63) is 58.3 Å². The van der Waals surface area contributed by atoms with Crippen LogP contribution in [0.1, 0.15) is 22.5 Å². The minimum absolute atomic E-state index is 0.0163. The van der Waals surface area contributed by atoms with Gasteiger partial charge >= 0.3 is 0 Å². The second-order valence-corrected chi connectivity index (χ2v) is 6.11. The van der Waals surface area contributed by atoms with Gasteiger partial charge in [-0.05, 0) is 25.1 Å². The molecule has 3 rings (SSSR count). The molecule has 2 N–H and O–H groups in total. The molecule has 1 heterocycles. The van der Waals surface area contributed by atoms with E-state index in [9.17, 15) is 14.0 Å². The Morgan fingerprint density at radius 2 is 2.23 bits per heavy atom. The first-order valence-electron chi connectivity index (χ1n) is 7.72. The summed E-state index contributed by atoms with van der Waals surface area (Å²) in [6, 6.07) is 3.74. The Balaban J connectivity index is 1.43. The normalized spacial score (nSPS) is 15.7. The Hall–Kier alpha value is -2.87. The Morgan fingerprint density at radius 3 is 2.88 bits per heavy atom. The van der Waals surface area contributed by atoms with E-state index in [0.717, 1.165) is 6.07 Å². The van der Waals surface area contributed by atoms with Crippen molar-refractivity contribution >= 4 is 23.4 Å². The van der Waals surface area contributed by atoms with E-state index in [1.807, 2.05) is 0 Å². The van der Waals surface area contributed by atoms with E-state index in [1.165, 1.54) is 18.4 Å². The van der Waals surface area contributed by atoms with Gasteiger partial charge in [-0.1, -0.05) is 16.8 Å². The molecule has 136 valence electrons. The maximum absolute atomic E-state index is 13.3. The third-order valence-electron chi connectivity index (χ3n) is 3.72. The van der Waals surface area contributed by atoms with E-state index in [4.69, 9.17) is 20.9 Å². The number of nitrogens with zero attached hydrogens (tertiary/aromatic N) is 1. The lowest BCUT2D eigenvalue weighted by atomic mass is 9.99. The van der Waals surface area contributed by atoms with Crippen LogP contribution in [-0.2, 0) is 4.79 Å². The quantitative estimate of drug-likeness (QED) is 0.803. The molecule has 1 aliphatic rings. The van der Waals surface area contributed by atoms with E-state index in [2.05, 4.69) is 15.8 Å². The zero-order valence-electron chi connectivity index (χ0n) is 13.7. The molecule has 0 fully saturated rings. The molecule has 1 unspecified atom stereocenters. The molecule has 0 spiro atoms. The van der Waals surface area contributed by atoms with Crippen molar-refractivity contribution in [2.45, 2.75) is 19.4 Å². The van der Waals surface area contributed by atoms with Crippen LogP contribution in [0, 0.1) is 12.7 Å². The lowest BCUT2D eigenvalue weighted by Crippen LogP contribution is -2.43. The minimum Gasteiger partial charge on any atom is -0.484 e. The fourth-order valence-electron chi connectivity index (χ4n) is 2.32. The van der Waals surface area contributed by atoms with Crippen molar-refractivity contribution < 1.29 is 23.2 Å². The van der Waals surface area contributed by atoms with Crippen LogP contribution >= 0.6 is 11.6 Å².